The van der Waals surface area contributed by atoms with E-state index in [0.717, 1.165) is 39.1 Å². The van der Waals surface area contributed by atoms with Gasteiger partial charge in [0.05, 0.1) is 12.6 Å². The number of ether oxygens (including phenoxy) is 1. The molecule has 0 aromatic carbocycles. The fraction of sp³-hybridized carbons (Fsp3) is 0.727. The van der Waals surface area contributed by atoms with E-state index in [1.165, 1.54) is 0 Å². The van der Waals surface area contributed by atoms with Crippen LogP contribution in [0.15, 0.2) is 17.6 Å². The van der Waals surface area contributed by atoms with Crippen molar-refractivity contribution in [3.63, 3.8) is 0 Å². The van der Waals surface area contributed by atoms with Gasteiger partial charge in [-0.25, -0.2) is 0 Å². The number of hydrogen-bond donors (Lipinski definition) is 1. The van der Waals surface area contributed by atoms with Crippen molar-refractivity contribution in [2.24, 2.45) is 16.6 Å². The van der Waals surface area contributed by atoms with Crippen molar-refractivity contribution < 1.29 is 4.74 Å². The third-order valence-corrected chi connectivity index (χ3v) is 3.27. The molecule has 84 valence electrons. The Kier molecular flexibility index (Phi) is 3.26. The van der Waals surface area contributed by atoms with Gasteiger partial charge in [0.1, 0.15) is 0 Å². The smallest absolute Gasteiger partial charge is 0.191 e. The fourth-order valence-corrected chi connectivity index (χ4v) is 2.42. The van der Waals surface area contributed by atoms with Crippen molar-refractivity contribution in [1.29, 1.82) is 0 Å². The molecule has 1 unspecified atom stereocenters. The molecule has 1 fully saturated rings. The summed E-state index contributed by atoms with van der Waals surface area (Å²) in [6.45, 7) is 7.16. The van der Waals surface area contributed by atoms with Crippen molar-refractivity contribution in [2.45, 2.75) is 18.9 Å². The van der Waals surface area contributed by atoms with Gasteiger partial charge in [-0.2, -0.15) is 0 Å². The van der Waals surface area contributed by atoms with Crippen LogP contribution >= 0.6 is 0 Å². The van der Waals surface area contributed by atoms with Gasteiger partial charge in [-0.3, -0.25) is 4.99 Å². The Morgan fingerprint density at radius 3 is 2.93 bits per heavy atom. The summed E-state index contributed by atoms with van der Waals surface area (Å²) in [5.74, 6) is 1.34. The molecule has 4 nitrogen and oxygen atoms in total. The Balaban J connectivity index is 1.99. The van der Waals surface area contributed by atoms with E-state index in [0.29, 0.717) is 17.9 Å². The highest BCUT2D eigenvalue weighted by Gasteiger charge is 2.32. The van der Waals surface area contributed by atoms with Crippen molar-refractivity contribution in [3.8, 4) is 0 Å². The number of nitrogens with two attached hydrogens (primary N) is 1. The first kappa shape index (κ1) is 10.5. The summed E-state index contributed by atoms with van der Waals surface area (Å²) in [4.78, 5) is 6.49. The van der Waals surface area contributed by atoms with E-state index in [-0.39, 0.29) is 0 Å². The summed E-state index contributed by atoms with van der Waals surface area (Å²) >= 11 is 0. The highest BCUT2D eigenvalue weighted by Crippen LogP contribution is 2.25. The maximum absolute atomic E-state index is 5.86. The van der Waals surface area contributed by atoms with Gasteiger partial charge in [-0.1, -0.05) is 6.08 Å². The monoisotopic (exact) mass is 209 g/mol. The second-order valence-corrected chi connectivity index (χ2v) is 4.16. The zero-order valence-electron chi connectivity index (χ0n) is 9.06. The second-order valence-electron chi connectivity index (χ2n) is 4.16. The molecule has 0 aromatic rings. The van der Waals surface area contributed by atoms with Gasteiger partial charge in [-0.15, -0.1) is 6.58 Å². The Hall–Kier alpha value is -1.03. The molecule has 0 amide bonds. The second kappa shape index (κ2) is 4.66. The molecule has 0 aromatic heterocycles. The van der Waals surface area contributed by atoms with Crippen LogP contribution in [0, 0.1) is 5.92 Å². The predicted molar refractivity (Wildman–Crippen MR) is 60.7 cm³/mol. The maximum atomic E-state index is 5.86. The largest absolute Gasteiger partial charge is 0.381 e. The molecular formula is C11H19N3O. The summed E-state index contributed by atoms with van der Waals surface area (Å²) in [6.07, 6.45) is 4.14. The fourth-order valence-electron chi connectivity index (χ4n) is 2.42. The average Bonchev–Trinajstić information content (AvgIpc) is 2.63. The molecule has 15 heavy (non-hydrogen) atoms. The van der Waals surface area contributed by atoms with Crippen molar-refractivity contribution in [2.75, 3.05) is 26.3 Å². The Morgan fingerprint density at radius 2 is 2.27 bits per heavy atom. The molecule has 2 rings (SSSR count). The van der Waals surface area contributed by atoms with Crippen LogP contribution in [-0.4, -0.2) is 43.2 Å². The highest BCUT2D eigenvalue weighted by atomic mass is 16.5. The highest BCUT2D eigenvalue weighted by molar-refractivity contribution is 5.80. The minimum Gasteiger partial charge on any atom is -0.381 e. The summed E-state index contributed by atoms with van der Waals surface area (Å²) in [5, 5.41) is 0. The summed E-state index contributed by atoms with van der Waals surface area (Å²) in [5.41, 5.74) is 5.86. The van der Waals surface area contributed by atoms with Crippen molar-refractivity contribution in [1.82, 2.24) is 4.90 Å². The Morgan fingerprint density at radius 1 is 1.53 bits per heavy atom. The quantitative estimate of drug-likeness (QED) is 0.692. The Bertz CT molecular complexity index is 259. The van der Waals surface area contributed by atoms with Gasteiger partial charge < -0.3 is 15.4 Å². The van der Waals surface area contributed by atoms with Crippen LogP contribution < -0.4 is 5.73 Å². The molecule has 1 atom stereocenters. The van der Waals surface area contributed by atoms with Gasteiger partial charge in [0, 0.05) is 19.8 Å². The standard InChI is InChI=1S/C11H19N3O/c1-2-5-14-10(8-13-11(14)12)9-3-6-15-7-4-9/h2,9-10H,1,3-8H2,(H2,12,13). The van der Waals surface area contributed by atoms with Crippen LogP contribution in [0.5, 0.6) is 0 Å². The van der Waals surface area contributed by atoms with E-state index in [9.17, 15) is 0 Å². The van der Waals surface area contributed by atoms with Crippen LogP contribution in [0.1, 0.15) is 12.8 Å². The third-order valence-electron chi connectivity index (χ3n) is 3.27. The molecule has 0 aliphatic carbocycles. The molecule has 2 heterocycles. The van der Waals surface area contributed by atoms with Crippen LogP contribution in [0.25, 0.3) is 0 Å². The lowest BCUT2D eigenvalue weighted by Crippen LogP contribution is -2.45. The Labute approximate surface area is 90.8 Å². The normalized spacial score (nSPS) is 27.9. The SMILES string of the molecule is C=CCN1C(N)=NCC1C1CCOCC1. The lowest BCUT2D eigenvalue weighted by molar-refractivity contribution is 0.0456. The average molecular weight is 209 g/mol. The number of rotatable bonds is 3. The summed E-state index contributed by atoms with van der Waals surface area (Å²) in [6, 6.07) is 0.465. The molecule has 1 saturated heterocycles. The van der Waals surface area contributed by atoms with E-state index >= 15 is 0 Å². The predicted octanol–water partition coefficient (Wildman–Crippen LogP) is 0.598. The molecular weight excluding hydrogens is 190 g/mol. The van der Waals surface area contributed by atoms with Gasteiger partial charge in [-0.05, 0) is 18.8 Å². The van der Waals surface area contributed by atoms with Gasteiger partial charge in [0.2, 0.25) is 0 Å². The van der Waals surface area contributed by atoms with Crippen LogP contribution in [0.2, 0.25) is 0 Å². The number of nitrogens with zero attached hydrogens (tertiary/aromatic N) is 2. The molecule has 0 saturated carbocycles. The first-order valence-corrected chi connectivity index (χ1v) is 5.58. The molecule has 2 N–H and O–H groups in total. The number of guanidine groups is 1. The van der Waals surface area contributed by atoms with E-state index < -0.39 is 0 Å². The molecule has 2 aliphatic heterocycles. The van der Waals surface area contributed by atoms with Crippen LogP contribution in [0.3, 0.4) is 0 Å². The molecule has 0 bridgehead atoms. The van der Waals surface area contributed by atoms with E-state index in [4.69, 9.17) is 10.5 Å². The van der Waals surface area contributed by atoms with E-state index in [1.54, 1.807) is 0 Å². The molecule has 0 radical (unpaired) electrons. The van der Waals surface area contributed by atoms with Crippen molar-refractivity contribution >= 4 is 5.96 Å². The number of aliphatic imine (C=N–C) groups is 1. The minimum atomic E-state index is 0.465. The molecule has 2 aliphatic rings. The van der Waals surface area contributed by atoms with Gasteiger partial charge in [0.25, 0.3) is 0 Å². The zero-order valence-corrected chi connectivity index (χ0v) is 9.06. The lowest BCUT2D eigenvalue weighted by Gasteiger charge is -2.34. The van der Waals surface area contributed by atoms with Crippen molar-refractivity contribution in [3.05, 3.63) is 12.7 Å². The summed E-state index contributed by atoms with van der Waals surface area (Å²) in [7, 11) is 0. The first-order chi connectivity index (χ1) is 7.33. The third kappa shape index (κ3) is 2.15. The topological polar surface area (TPSA) is 50.8 Å². The molecule has 4 heteroatoms. The summed E-state index contributed by atoms with van der Waals surface area (Å²) < 4.78 is 5.37. The van der Waals surface area contributed by atoms with Gasteiger partial charge >= 0.3 is 0 Å². The lowest BCUT2D eigenvalue weighted by atomic mass is 9.91. The minimum absolute atomic E-state index is 0.465. The van der Waals surface area contributed by atoms with Crippen LogP contribution in [0.4, 0.5) is 0 Å². The maximum Gasteiger partial charge on any atom is 0.191 e. The molecule has 0 spiro atoms. The zero-order chi connectivity index (χ0) is 10.7. The number of hydrogen-bond acceptors (Lipinski definition) is 4. The van der Waals surface area contributed by atoms with E-state index in [2.05, 4.69) is 16.5 Å². The first-order valence-electron chi connectivity index (χ1n) is 5.58. The van der Waals surface area contributed by atoms with E-state index in [1.807, 2.05) is 6.08 Å². The van der Waals surface area contributed by atoms with Crippen LogP contribution in [-0.2, 0) is 4.74 Å². The van der Waals surface area contributed by atoms with Gasteiger partial charge in [0.15, 0.2) is 5.96 Å².